The third kappa shape index (κ3) is 3.78. The van der Waals surface area contributed by atoms with Crippen LogP contribution in [-0.4, -0.2) is 21.9 Å². The van der Waals surface area contributed by atoms with Gasteiger partial charge in [-0.1, -0.05) is 13.3 Å². The maximum Gasteiger partial charge on any atom is 0.338 e. The van der Waals surface area contributed by atoms with E-state index < -0.39 is 27.2 Å². The monoisotopic (exact) mass is 308 g/mol. The zero-order valence-electron chi connectivity index (χ0n) is 12.1. The van der Waals surface area contributed by atoms with Crippen LogP contribution in [0.1, 0.15) is 43.0 Å². The van der Waals surface area contributed by atoms with Gasteiger partial charge in [0.1, 0.15) is 6.10 Å². The lowest BCUT2D eigenvalue weighted by atomic mass is 9.89. The summed E-state index contributed by atoms with van der Waals surface area (Å²) in [5.41, 5.74) is -1.17. The topological polar surface area (TPSA) is 113 Å². The largest absolute Gasteiger partial charge is 0.459 e. The summed E-state index contributed by atoms with van der Waals surface area (Å²) >= 11 is 0. The van der Waals surface area contributed by atoms with Crippen LogP contribution < -0.4 is 0 Å². The number of hydrogen-bond donors (Lipinski definition) is 0. The van der Waals surface area contributed by atoms with E-state index in [9.17, 15) is 25.0 Å². The van der Waals surface area contributed by atoms with Gasteiger partial charge in [0.15, 0.2) is 0 Å². The highest BCUT2D eigenvalue weighted by Crippen LogP contribution is 2.28. The Morgan fingerprint density at radius 3 is 2.23 bits per heavy atom. The molecule has 0 saturated heterocycles. The molecule has 1 fully saturated rings. The van der Waals surface area contributed by atoms with Crippen molar-refractivity contribution in [1.29, 1.82) is 0 Å². The molecule has 0 spiro atoms. The Bertz CT molecular complexity index is 583. The first-order valence-corrected chi connectivity index (χ1v) is 7.01. The number of non-ortho nitro benzene ring substituents is 2. The molecule has 1 saturated carbocycles. The van der Waals surface area contributed by atoms with E-state index in [0.29, 0.717) is 5.92 Å². The van der Waals surface area contributed by atoms with Crippen LogP contribution in [-0.2, 0) is 4.74 Å². The Morgan fingerprint density at radius 2 is 1.73 bits per heavy atom. The van der Waals surface area contributed by atoms with Crippen molar-refractivity contribution >= 4 is 17.3 Å². The molecule has 8 nitrogen and oxygen atoms in total. The second kappa shape index (κ2) is 6.50. The highest BCUT2D eigenvalue weighted by molar-refractivity contribution is 5.91. The highest BCUT2D eigenvalue weighted by Gasteiger charge is 2.25. The number of carbonyl (C=O) groups is 1. The second-order valence-electron chi connectivity index (χ2n) is 5.55. The quantitative estimate of drug-likeness (QED) is 0.479. The van der Waals surface area contributed by atoms with Gasteiger partial charge in [0.25, 0.3) is 11.4 Å². The van der Waals surface area contributed by atoms with Crippen molar-refractivity contribution < 1.29 is 19.4 Å². The van der Waals surface area contributed by atoms with Crippen LogP contribution in [0.15, 0.2) is 18.2 Å². The van der Waals surface area contributed by atoms with E-state index in [1.54, 1.807) is 0 Å². The van der Waals surface area contributed by atoms with Crippen molar-refractivity contribution in [1.82, 2.24) is 0 Å². The SMILES string of the molecule is C[C@H]1CCC[C@H](OC(=O)c2cc([N+](=O)[O-])cc([N+](=O)[O-])c2)C1. The van der Waals surface area contributed by atoms with Crippen LogP contribution in [0.25, 0.3) is 0 Å². The minimum atomic E-state index is -0.771. The molecule has 0 aromatic heterocycles. The van der Waals surface area contributed by atoms with E-state index in [1.807, 2.05) is 0 Å². The van der Waals surface area contributed by atoms with Crippen LogP contribution in [0, 0.1) is 26.1 Å². The van der Waals surface area contributed by atoms with Gasteiger partial charge < -0.3 is 4.74 Å². The highest BCUT2D eigenvalue weighted by atomic mass is 16.6. The number of nitro groups is 2. The summed E-state index contributed by atoms with van der Waals surface area (Å²) in [5, 5.41) is 21.6. The standard InChI is InChI=1S/C14H16N2O6/c1-9-3-2-4-13(5-9)22-14(17)10-6-11(15(18)19)8-12(7-10)16(20)21/h6-9,13H,2-5H2,1H3/t9-,13-/m0/s1. The van der Waals surface area contributed by atoms with Crippen LogP contribution in [0.4, 0.5) is 11.4 Å². The van der Waals surface area contributed by atoms with Gasteiger partial charge in [0.2, 0.25) is 0 Å². The Morgan fingerprint density at radius 1 is 1.14 bits per heavy atom. The van der Waals surface area contributed by atoms with Gasteiger partial charge in [-0.15, -0.1) is 0 Å². The number of rotatable bonds is 4. The molecular weight excluding hydrogens is 292 g/mol. The molecule has 0 bridgehead atoms. The molecule has 1 aromatic rings. The lowest BCUT2D eigenvalue weighted by Gasteiger charge is -2.26. The van der Waals surface area contributed by atoms with Gasteiger partial charge in [0, 0.05) is 12.1 Å². The first-order chi connectivity index (χ1) is 10.4. The van der Waals surface area contributed by atoms with E-state index in [0.717, 1.165) is 43.9 Å². The number of nitro benzene ring substituents is 2. The smallest absolute Gasteiger partial charge is 0.338 e. The van der Waals surface area contributed by atoms with E-state index in [-0.39, 0.29) is 11.7 Å². The maximum absolute atomic E-state index is 12.1. The van der Waals surface area contributed by atoms with Crippen molar-refractivity contribution in [2.75, 3.05) is 0 Å². The molecule has 0 aliphatic heterocycles. The fourth-order valence-electron chi connectivity index (χ4n) is 2.63. The van der Waals surface area contributed by atoms with Crippen molar-refractivity contribution in [3.63, 3.8) is 0 Å². The Hall–Kier alpha value is -2.51. The summed E-state index contributed by atoms with van der Waals surface area (Å²) in [6.45, 7) is 2.07. The fraction of sp³-hybridized carbons (Fsp3) is 0.500. The molecule has 0 radical (unpaired) electrons. The van der Waals surface area contributed by atoms with E-state index in [1.165, 1.54) is 0 Å². The summed E-state index contributed by atoms with van der Waals surface area (Å²) < 4.78 is 5.33. The zero-order chi connectivity index (χ0) is 16.3. The van der Waals surface area contributed by atoms with Crippen molar-refractivity contribution in [2.45, 2.75) is 38.7 Å². The maximum atomic E-state index is 12.1. The average Bonchev–Trinajstić information content (AvgIpc) is 2.46. The summed E-state index contributed by atoms with van der Waals surface area (Å²) in [6, 6.07) is 2.82. The minimum Gasteiger partial charge on any atom is -0.459 e. The van der Waals surface area contributed by atoms with E-state index in [4.69, 9.17) is 4.74 Å². The molecule has 1 aliphatic carbocycles. The van der Waals surface area contributed by atoms with E-state index >= 15 is 0 Å². The lowest BCUT2D eigenvalue weighted by Crippen LogP contribution is -2.24. The van der Waals surface area contributed by atoms with Crippen molar-refractivity contribution in [3.8, 4) is 0 Å². The van der Waals surface area contributed by atoms with E-state index in [2.05, 4.69) is 6.92 Å². The van der Waals surface area contributed by atoms with Crippen LogP contribution >= 0.6 is 0 Å². The third-order valence-corrected chi connectivity index (χ3v) is 3.72. The zero-order valence-corrected chi connectivity index (χ0v) is 12.1. The van der Waals surface area contributed by atoms with Crippen LogP contribution in [0.2, 0.25) is 0 Å². The molecule has 1 aliphatic rings. The van der Waals surface area contributed by atoms with Gasteiger partial charge in [-0.3, -0.25) is 20.2 Å². The predicted molar refractivity (Wildman–Crippen MR) is 76.6 cm³/mol. The molecule has 2 atom stereocenters. The Kier molecular flexibility index (Phi) is 4.69. The first kappa shape index (κ1) is 15.9. The Labute approximate surface area is 126 Å². The number of ether oxygens (including phenoxy) is 1. The van der Waals surface area contributed by atoms with Crippen LogP contribution in [0.3, 0.4) is 0 Å². The minimum absolute atomic E-state index is 0.167. The molecule has 2 rings (SSSR count). The first-order valence-electron chi connectivity index (χ1n) is 7.01. The van der Waals surface area contributed by atoms with Gasteiger partial charge in [0.05, 0.1) is 21.5 Å². The molecule has 8 heteroatoms. The molecule has 0 heterocycles. The number of esters is 1. The van der Waals surface area contributed by atoms with Crippen molar-refractivity contribution in [3.05, 3.63) is 44.0 Å². The molecule has 118 valence electrons. The summed E-state index contributed by atoms with van der Waals surface area (Å²) in [4.78, 5) is 32.2. The van der Waals surface area contributed by atoms with Gasteiger partial charge >= 0.3 is 5.97 Å². The van der Waals surface area contributed by atoms with Crippen molar-refractivity contribution in [2.24, 2.45) is 5.92 Å². The number of benzene rings is 1. The fourth-order valence-corrected chi connectivity index (χ4v) is 2.63. The molecular formula is C14H16N2O6. The van der Waals surface area contributed by atoms with Crippen LogP contribution in [0.5, 0.6) is 0 Å². The van der Waals surface area contributed by atoms with Gasteiger partial charge in [-0.25, -0.2) is 4.79 Å². The van der Waals surface area contributed by atoms with Gasteiger partial charge in [-0.05, 0) is 25.2 Å². The molecule has 0 unspecified atom stereocenters. The predicted octanol–water partition coefficient (Wildman–Crippen LogP) is 3.24. The average molecular weight is 308 g/mol. The van der Waals surface area contributed by atoms with Gasteiger partial charge in [-0.2, -0.15) is 0 Å². The number of nitrogens with zero attached hydrogens (tertiary/aromatic N) is 2. The lowest BCUT2D eigenvalue weighted by molar-refractivity contribution is -0.394. The summed E-state index contributed by atoms with van der Waals surface area (Å²) in [5.74, 6) is -0.308. The normalized spacial score (nSPS) is 21.1. The molecule has 1 aromatic carbocycles. The summed E-state index contributed by atoms with van der Waals surface area (Å²) in [6.07, 6.45) is 3.27. The molecule has 0 N–H and O–H groups in total. The molecule has 0 amide bonds. The number of carbonyl (C=O) groups excluding carboxylic acids is 1. The molecule has 22 heavy (non-hydrogen) atoms. The second-order valence-corrected chi connectivity index (χ2v) is 5.55. The third-order valence-electron chi connectivity index (χ3n) is 3.72. The number of hydrogen-bond acceptors (Lipinski definition) is 6. The Balaban J connectivity index is 2.21. The summed E-state index contributed by atoms with van der Waals surface area (Å²) in [7, 11) is 0.